The minimum atomic E-state index is 0.0343. The number of aromatic nitrogens is 6. The van der Waals surface area contributed by atoms with Crippen molar-refractivity contribution in [3.63, 3.8) is 0 Å². The number of benzene rings is 1. The zero-order chi connectivity index (χ0) is 19.6. The molecule has 4 heterocycles. The van der Waals surface area contributed by atoms with E-state index >= 15 is 0 Å². The summed E-state index contributed by atoms with van der Waals surface area (Å²) < 4.78 is 7.19. The van der Waals surface area contributed by atoms with E-state index in [2.05, 4.69) is 25.4 Å². The second-order valence-corrected chi connectivity index (χ2v) is 6.98. The van der Waals surface area contributed by atoms with E-state index < -0.39 is 0 Å². The van der Waals surface area contributed by atoms with Gasteiger partial charge in [0.05, 0.1) is 12.2 Å². The lowest BCUT2D eigenvalue weighted by molar-refractivity contribution is 0.0684. The Labute approximate surface area is 166 Å². The number of aromatic amines is 1. The molecule has 9 nitrogen and oxygen atoms in total. The number of carbonyl (C=O) groups excluding carboxylic acids is 1. The van der Waals surface area contributed by atoms with Gasteiger partial charge in [0.1, 0.15) is 5.69 Å². The van der Waals surface area contributed by atoms with Crippen molar-refractivity contribution in [2.75, 3.05) is 13.1 Å². The molecule has 0 radical (unpaired) electrons. The number of H-pyrrole nitrogens is 1. The summed E-state index contributed by atoms with van der Waals surface area (Å²) in [6.07, 6.45) is 5.22. The number of nitrogens with zero attached hydrogens (tertiary/aromatic N) is 6. The van der Waals surface area contributed by atoms with Gasteiger partial charge in [-0.05, 0) is 25.0 Å². The minimum Gasteiger partial charge on any atom is -0.357 e. The van der Waals surface area contributed by atoms with Crippen molar-refractivity contribution >= 4 is 5.91 Å². The molecule has 5 rings (SSSR count). The summed E-state index contributed by atoms with van der Waals surface area (Å²) in [7, 11) is 0. The lowest BCUT2D eigenvalue weighted by Gasteiger charge is -2.31. The quantitative estimate of drug-likeness (QED) is 0.575. The molecular weight excluding hydrogens is 370 g/mol. The number of amides is 1. The number of hydrogen-bond acceptors (Lipinski definition) is 6. The third-order valence-corrected chi connectivity index (χ3v) is 5.14. The monoisotopic (exact) mass is 389 g/mol. The molecule has 1 saturated heterocycles. The second-order valence-electron chi connectivity index (χ2n) is 6.98. The average molecular weight is 389 g/mol. The Hall–Kier alpha value is -3.75. The maximum absolute atomic E-state index is 12.4. The minimum absolute atomic E-state index is 0.0343. The molecule has 1 aromatic carbocycles. The molecule has 1 N–H and O–H groups in total. The molecule has 0 unspecified atom stereocenters. The van der Waals surface area contributed by atoms with Crippen LogP contribution in [0.2, 0.25) is 0 Å². The summed E-state index contributed by atoms with van der Waals surface area (Å²) in [4.78, 5) is 21.7. The maximum atomic E-state index is 12.4. The number of piperidine rings is 1. The van der Waals surface area contributed by atoms with Gasteiger partial charge in [-0.1, -0.05) is 40.7 Å². The predicted molar refractivity (Wildman–Crippen MR) is 104 cm³/mol. The van der Waals surface area contributed by atoms with Gasteiger partial charge in [-0.2, -0.15) is 4.98 Å². The first kappa shape index (κ1) is 17.4. The van der Waals surface area contributed by atoms with E-state index in [1.807, 2.05) is 52.2 Å². The van der Waals surface area contributed by atoms with E-state index in [9.17, 15) is 4.79 Å². The van der Waals surface area contributed by atoms with Gasteiger partial charge in [-0.25, -0.2) is 4.68 Å². The Kier molecular flexibility index (Phi) is 4.39. The lowest BCUT2D eigenvalue weighted by atomic mass is 10.0. The first-order chi connectivity index (χ1) is 14.3. The summed E-state index contributed by atoms with van der Waals surface area (Å²) in [5.74, 6) is 0.896. The first-order valence-electron chi connectivity index (χ1n) is 9.52. The smallest absolute Gasteiger partial charge is 0.280 e. The van der Waals surface area contributed by atoms with Crippen molar-refractivity contribution in [2.45, 2.75) is 18.9 Å². The number of rotatable bonds is 4. The van der Waals surface area contributed by atoms with E-state index in [-0.39, 0.29) is 11.9 Å². The third kappa shape index (κ3) is 3.42. The fourth-order valence-electron chi connectivity index (χ4n) is 3.55. The molecule has 0 spiro atoms. The lowest BCUT2D eigenvalue weighted by Crippen LogP contribution is -2.39. The Morgan fingerprint density at radius 1 is 1.10 bits per heavy atom. The van der Waals surface area contributed by atoms with Crippen LogP contribution in [0.1, 0.15) is 29.4 Å². The van der Waals surface area contributed by atoms with Gasteiger partial charge in [0, 0.05) is 24.8 Å². The van der Waals surface area contributed by atoms with Gasteiger partial charge in [0.25, 0.3) is 11.8 Å². The summed E-state index contributed by atoms with van der Waals surface area (Å²) in [5.41, 5.74) is 2.05. The molecule has 4 aromatic rings. The Balaban J connectivity index is 1.26. The van der Waals surface area contributed by atoms with Crippen molar-refractivity contribution in [3.05, 3.63) is 60.6 Å². The van der Waals surface area contributed by atoms with E-state index in [1.54, 1.807) is 12.3 Å². The van der Waals surface area contributed by atoms with Crippen LogP contribution in [0, 0.1) is 0 Å². The molecule has 0 bridgehead atoms. The molecule has 1 amide bonds. The van der Waals surface area contributed by atoms with E-state index in [4.69, 9.17) is 4.52 Å². The summed E-state index contributed by atoms with van der Waals surface area (Å²) >= 11 is 0. The standard InChI is InChI=1S/C20H19N7O2/c28-20(16-7-4-10-21-16)26-11-8-15(9-12-26)27-13-17(23-25-27)19-22-18(24-29-19)14-5-2-1-3-6-14/h1-7,10,13,15,21H,8-9,11-12H2. The topological polar surface area (TPSA) is 106 Å². The summed E-state index contributed by atoms with van der Waals surface area (Å²) in [6.45, 7) is 1.35. The normalized spacial score (nSPS) is 15.0. The highest BCUT2D eigenvalue weighted by Gasteiger charge is 2.26. The average Bonchev–Trinajstić information content (AvgIpc) is 3.55. The molecule has 1 aliphatic rings. The van der Waals surface area contributed by atoms with Crippen molar-refractivity contribution in [1.29, 1.82) is 0 Å². The highest BCUT2D eigenvalue weighted by molar-refractivity contribution is 5.92. The van der Waals surface area contributed by atoms with Gasteiger partial charge in [0.2, 0.25) is 5.82 Å². The van der Waals surface area contributed by atoms with Crippen LogP contribution in [-0.2, 0) is 0 Å². The van der Waals surface area contributed by atoms with Gasteiger partial charge >= 0.3 is 0 Å². The molecule has 0 atom stereocenters. The van der Waals surface area contributed by atoms with Crippen molar-refractivity contribution < 1.29 is 9.32 Å². The van der Waals surface area contributed by atoms with Crippen molar-refractivity contribution in [2.24, 2.45) is 0 Å². The highest BCUT2D eigenvalue weighted by atomic mass is 16.5. The van der Waals surface area contributed by atoms with Crippen LogP contribution >= 0.6 is 0 Å². The molecule has 0 aliphatic carbocycles. The fraction of sp³-hybridized carbons (Fsp3) is 0.250. The van der Waals surface area contributed by atoms with Crippen LogP contribution in [0.25, 0.3) is 23.0 Å². The van der Waals surface area contributed by atoms with Gasteiger partial charge in [-0.15, -0.1) is 5.10 Å². The largest absolute Gasteiger partial charge is 0.357 e. The number of hydrogen-bond donors (Lipinski definition) is 1. The zero-order valence-electron chi connectivity index (χ0n) is 15.6. The van der Waals surface area contributed by atoms with E-state index in [0.29, 0.717) is 36.2 Å². The molecule has 146 valence electrons. The van der Waals surface area contributed by atoms with Gasteiger partial charge in [-0.3, -0.25) is 4.79 Å². The molecule has 29 heavy (non-hydrogen) atoms. The van der Waals surface area contributed by atoms with E-state index in [1.165, 1.54) is 0 Å². The molecule has 3 aromatic heterocycles. The molecule has 9 heteroatoms. The molecular formula is C20H19N7O2. The van der Waals surface area contributed by atoms with Crippen LogP contribution in [0.5, 0.6) is 0 Å². The van der Waals surface area contributed by atoms with Gasteiger partial charge in [0.15, 0.2) is 5.69 Å². The third-order valence-electron chi connectivity index (χ3n) is 5.14. The Morgan fingerprint density at radius 3 is 2.69 bits per heavy atom. The molecule has 1 fully saturated rings. The number of carbonyl (C=O) groups is 1. The van der Waals surface area contributed by atoms with Crippen LogP contribution in [0.3, 0.4) is 0 Å². The predicted octanol–water partition coefficient (Wildman–Crippen LogP) is 2.80. The Morgan fingerprint density at radius 2 is 1.93 bits per heavy atom. The first-order valence-corrected chi connectivity index (χ1v) is 9.52. The summed E-state index contributed by atoms with van der Waals surface area (Å²) in [6, 6.07) is 13.4. The second kappa shape index (κ2) is 7.34. The van der Waals surface area contributed by atoms with Gasteiger partial charge < -0.3 is 14.4 Å². The Bertz CT molecular complexity index is 1090. The van der Waals surface area contributed by atoms with Crippen molar-refractivity contribution in [1.82, 2.24) is 35.0 Å². The van der Waals surface area contributed by atoms with E-state index in [0.717, 1.165) is 18.4 Å². The van der Waals surface area contributed by atoms with Crippen LogP contribution in [0.15, 0.2) is 59.4 Å². The zero-order valence-corrected chi connectivity index (χ0v) is 15.6. The SMILES string of the molecule is O=C(c1ccc[nH]1)N1CCC(n2cc(-c3nc(-c4ccccc4)no3)nn2)CC1. The van der Waals surface area contributed by atoms with Crippen LogP contribution < -0.4 is 0 Å². The summed E-state index contributed by atoms with van der Waals surface area (Å²) in [5, 5.41) is 12.5. The molecule has 0 saturated carbocycles. The van der Waals surface area contributed by atoms with Crippen molar-refractivity contribution in [3.8, 4) is 23.0 Å². The number of nitrogens with one attached hydrogen (secondary N) is 1. The number of likely N-dealkylation sites (tertiary alicyclic amines) is 1. The molecule has 1 aliphatic heterocycles. The maximum Gasteiger partial charge on any atom is 0.280 e. The van der Waals surface area contributed by atoms with Crippen LogP contribution in [-0.4, -0.2) is 54.0 Å². The van der Waals surface area contributed by atoms with Crippen LogP contribution in [0.4, 0.5) is 0 Å². The fourth-order valence-corrected chi connectivity index (χ4v) is 3.55. The highest BCUT2D eigenvalue weighted by Crippen LogP contribution is 2.25.